The molecule has 0 radical (unpaired) electrons. The van der Waals surface area contributed by atoms with Crippen LogP contribution in [-0.2, 0) is 18.3 Å². The van der Waals surface area contributed by atoms with E-state index < -0.39 is 5.60 Å². The number of aromatic nitrogens is 2. The topological polar surface area (TPSA) is 59.4 Å². The van der Waals surface area contributed by atoms with Gasteiger partial charge in [0.15, 0.2) is 0 Å². The van der Waals surface area contributed by atoms with Gasteiger partial charge in [0.2, 0.25) is 0 Å². The number of amides is 1. The van der Waals surface area contributed by atoms with Crippen LogP contribution in [0.4, 0.5) is 4.79 Å². The van der Waals surface area contributed by atoms with Gasteiger partial charge in [-0.05, 0) is 46.1 Å². The predicted molar refractivity (Wildman–Crippen MR) is 85.5 cm³/mol. The summed E-state index contributed by atoms with van der Waals surface area (Å²) in [5.74, 6) is 0. The standard InChI is InChI=1S/C16H28N4O2/c1-16(2,3)22-15(21)20-9-5-6-13(8-11-20)17-12-14-7-10-19(4)18-14/h7,10,13,17H,5-6,8-9,11-12H2,1-4H3. The molecule has 1 fully saturated rings. The van der Waals surface area contributed by atoms with Crippen LogP contribution in [0.2, 0.25) is 0 Å². The van der Waals surface area contributed by atoms with Crippen LogP contribution in [0, 0.1) is 0 Å². The van der Waals surface area contributed by atoms with Crippen LogP contribution >= 0.6 is 0 Å². The summed E-state index contributed by atoms with van der Waals surface area (Å²) >= 11 is 0. The smallest absolute Gasteiger partial charge is 0.410 e. The number of carbonyl (C=O) groups excluding carboxylic acids is 1. The highest BCUT2D eigenvalue weighted by molar-refractivity contribution is 5.68. The van der Waals surface area contributed by atoms with Crippen molar-refractivity contribution in [2.45, 2.75) is 58.2 Å². The number of ether oxygens (including phenoxy) is 1. The second-order valence-electron chi connectivity index (χ2n) is 6.96. The molecule has 1 aliphatic rings. The summed E-state index contributed by atoms with van der Waals surface area (Å²) in [6.07, 6.45) is 4.78. The third kappa shape index (κ3) is 5.33. The van der Waals surface area contributed by atoms with Crippen molar-refractivity contribution < 1.29 is 9.53 Å². The van der Waals surface area contributed by atoms with Crippen molar-refractivity contribution in [2.24, 2.45) is 7.05 Å². The molecule has 0 aliphatic carbocycles. The monoisotopic (exact) mass is 308 g/mol. The number of rotatable bonds is 3. The van der Waals surface area contributed by atoms with E-state index in [2.05, 4.69) is 10.4 Å². The fraction of sp³-hybridized carbons (Fsp3) is 0.750. The van der Waals surface area contributed by atoms with Gasteiger partial charge in [-0.15, -0.1) is 0 Å². The van der Waals surface area contributed by atoms with Crippen molar-refractivity contribution in [2.75, 3.05) is 13.1 Å². The Morgan fingerprint density at radius 2 is 2.18 bits per heavy atom. The van der Waals surface area contributed by atoms with Gasteiger partial charge in [-0.2, -0.15) is 5.10 Å². The van der Waals surface area contributed by atoms with Crippen LogP contribution in [0.1, 0.15) is 45.7 Å². The fourth-order valence-corrected chi connectivity index (χ4v) is 2.62. The Bertz CT molecular complexity index is 493. The molecule has 1 atom stereocenters. The molecule has 2 rings (SSSR count). The second kappa shape index (κ2) is 7.13. The lowest BCUT2D eigenvalue weighted by molar-refractivity contribution is 0.0256. The Hall–Kier alpha value is -1.56. The van der Waals surface area contributed by atoms with Crippen LogP contribution in [-0.4, -0.2) is 45.5 Å². The minimum absolute atomic E-state index is 0.196. The molecule has 2 heterocycles. The first-order valence-corrected chi connectivity index (χ1v) is 8.03. The van der Waals surface area contributed by atoms with Crippen LogP contribution in [0.3, 0.4) is 0 Å². The molecule has 1 aromatic heterocycles. The molecule has 1 unspecified atom stereocenters. The summed E-state index contributed by atoms with van der Waals surface area (Å²) < 4.78 is 7.27. The number of nitrogens with one attached hydrogen (secondary N) is 1. The number of hydrogen-bond acceptors (Lipinski definition) is 4. The summed E-state index contributed by atoms with van der Waals surface area (Å²) in [5, 5.41) is 7.92. The summed E-state index contributed by atoms with van der Waals surface area (Å²) in [4.78, 5) is 14.0. The van der Waals surface area contributed by atoms with Crippen molar-refractivity contribution in [3.63, 3.8) is 0 Å². The minimum Gasteiger partial charge on any atom is -0.444 e. The van der Waals surface area contributed by atoms with Gasteiger partial charge in [-0.3, -0.25) is 4.68 Å². The van der Waals surface area contributed by atoms with E-state index in [1.54, 1.807) is 0 Å². The first-order valence-electron chi connectivity index (χ1n) is 8.03. The van der Waals surface area contributed by atoms with E-state index in [0.717, 1.165) is 44.6 Å². The van der Waals surface area contributed by atoms with Crippen LogP contribution in [0.25, 0.3) is 0 Å². The van der Waals surface area contributed by atoms with Crippen LogP contribution in [0.5, 0.6) is 0 Å². The van der Waals surface area contributed by atoms with Gasteiger partial charge in [0.1, 0.15) is 5.60 Å². The Balaban J connectivity index is 1.78. The van der Waals surface area contributed by atoms with E-state index >= 15 is 0 Å². The average molecular weight is 308 g/mol. The molecule has 0 aromatic carbocycles. The predicted octanol–water partition coefficient (Wildman–Crippen LogP) is 2.30. The molecule has 6 heteroatoms. The maximum Gasteiger partial charge on any atom is 0.410 e. The third-order valence-electron chi connectivity index (χ3n) is 3.72. The van der Waals surface area contributed by atoms with Crippen LogP contribution in [0.15, 0.2) is 12.3 Å². The third-order valence-corrected chi connectivity index (χ3v) is 3.72. The maximum absolute atomic E-state index is 12.1. The zero-order valence-corrected chi connectivity index (χ0v) is 14.1. The van der Waals surface area contributed by atoms with E-state index in [9.17, 15) is 4.79 Å². The molecule has 0 saturated carbocycles. The molecular weight excluding hydrogens is 280 g/mol. The molecule has 22 heavy (non-hydrogen) atoms. The van der Waals surface area contributed by atoms with Gasteiger partial charge in [-0.1, -0.05) is 0 Å². The maximum atomic E-state index is 12.1. The van der Waals surface area contributed by atoms with E-state index in [4.69, 9.17) is 4.74 Å². The van der Waals surface area contributed by atoms with Gasteiger partial charge in [-0.25, -0.2) is 4.79 Å². The number of carbonyl (C=O) groups is 1. The zero-order chi connectivity index (χ0) is 16.2. The zero-order valence-electron chi connectivity index (χ0n) is 14.1. The molecule has 1 aromatic rings. The van der Waals surface area contributed by atoms with Crippen molar-refractivity contribution in [3.8, 4) is 0 Å². The lowest BCUT2D eigenvalue weighted by Crippen LogP contribution is -2.38. The molecular formula is C16H28N4O2. The number of likely N-dealkylation sites (tertiary alicyclic amines) is 1. The Kier molecular flexibility index (Phi) is 5.45. The van der Waals surface area contributed by atoms with Crippen LogP contribution < -0.4 is 5.32 Å². The molecule has 0 spiro atoms. The number of nitrogens with zero attached hydrogens (tertiary/aromatic N) is 3. The van der Waals surface area contributed by atoms with Crippen molar-refractivity contribution in [1.82, 2.24) is 20.0 Å². The van der Waals surface area contributed by atoms with E-state index in [-0.39, 0.29) is 6.09 Å². The van der Waals surface area contributed by atoms with E-state index in [0.29, 0.717) is 6.04 Å². The quantitative estimate of drug-likeness (QED) is 0.931. The summed E-state index contributed by atoms with van der Waals surface area (Å²) in [5.41, 5.74) is 0.621. The highest BCUT2D eigenvalue weighted by atomic mass is 16.6. The average Bonchev–Trinajstić information content (AvgIpc) is 2.69. The summed E-state index contributed by atoms with van der Waals surface area (Å²) in [6.45, 7) is 8.00. The van der Waals surface area contributed by atoms with Gasteiger partial charge in [0.05, 0.1) is 5.69 Å². The number of aryl methyl sites for hydroxylation is 1. The fourth-order valence-electron chi connectivity index (χ4n) is 2.62. The van der Waals surface area contributed by atoms with E-state index in [1.165, 1.54) is 0 Å². The highest BCUT2D eigenvalue weighted by Gasteiger charge is 2.25. The van der Waals surface area contributed by atoms with Crippen molar-refractivity contribution in [3.05, 3.63) is 18.0 Å². The largest absolute Gasteiger partial charge is 0.444 e. The Morgan fingerprint density at radius 3 is 2.82 bits per heavy atom. The van der Waals surface area contributed by atoms with Gasteiger partial charge in [0.25, 0.3) is 0 Å². The van der Waals surface area contributed by atoms with Crippen molar-refractivity contribution in [1.29, 1.82) is 0 Å². The van der Waals surface area contributed by atoms with Gasteiger partial charge < -0.3 is 15.0 Å². The summed E-state index contributed by atoms with van der Waals surface area (Å²) in [7, 11) is 1.92. The normalized spacial score (nSPS) is 19.8. The molecule has 1 aliphatic heterocycles. The molecule has 6 nitrogen and oxygen atoms in total. The molecule has 1 N–H and O–H groups in total. The Morgan fingerprint density at radius 1 is 1.41 bits per heavy atom. The SMILES string of the molecule is Cn1ccc(CNC2CCCN(C(=O)OC(C)(C)C)CC2)n1. The Labute approximate surface area is 132 Å². The highest BCUT2D eigenvalue weighted by Crippen LogP contribution is 2.15. The molecule has 0 bridgehead atoms. The van der Waals surface area contributed by atoms with Gasteiger partial charge in [0, 0.05) is 38.9 Å². The first kappa shape index (κ1) is 16.8. The molecule has 1 amide bonds. The van der Waals surface area contributed by atoms with E-state index in [1.807, 2.05) is 49.7 Å². The second-order valence-corrected chi connectivity index (χ2v) is 6.96. The molecule has 124 valence electrons. The lowest BCUT2D eigenvalue weighted by Gasteiger charge is -2.26. The van der Waals surface area contributed by atoms with Crippen molar-refractivity contribution >= 4 is 6.09 Å². The molecule has 1 saturated heterocycles. The van der Waals surface area contributed by atoms with Gasteiger partial charge >= 0.3 is 6.09 Å². The number of hydrogen-bond donors (Lipinski definition) is 1. The lowest BCUT2D eigenvalue weighted by atomic mass is 10.1. The summed E-state index contributed by atoms with van der Waals surface area (Å²) in [6, 6.07) is 2.45. The first-order chi connectivity index (χ1) is 10.3. The minimum atomic E-state index is -0.431.